The average Bonchev–Trinajstić information content (AvgIpc) is 3.31. The van der Waals surface area contributed by atoms with Gasteiger partial charge < -0.3 is 4.57 Å². The Labute approximate surface area is 189 Å². The number of halogens is 1. The van der Waals surface area contributed by atoms with Gasteiger partial charge in [0.15, 0.2) is 0 Å². The van der Waals surface area contributed by atoms with Crippen molar-refractivity contribution in [2.75, 3.05) is 5.32 Å². The van der Waals surface area contributed by atoms with Gasteiger partial charge in [-0.05, 0) is 69.7 Å². The Bertz CT molecular complexity index is 1350. The second-order valence-corrected chi connectivity index (χ2v) is 10.4. The van der Waals surface area contributed by atoms with Crippen molar-refractivity contribution < 1.29 is 17.6 Å². The van der Waals surface area contributed by atoms with Gasteiger partial charge in [-0.3, -0.25) is 10.1 Å². The topological polar surface area (TPSA) is 118 Å². The molecular weight excluding hydrogens is 453 g/mol. The lowest BCUT2D eigenvalue weighted by molar-refractivity contribution is -0.112. The van der Waals surface area contributed by atoms with Gasteiger partial charge in [0.05, 0.1) is 5.25 Å². The molecule has 0 aliphatic heterocycles. The zero-order valence-corrected chi connectivity index (χ0v) is 19.4. The normalized spacial score (nSPS) is 12.1. The van der Waals surface area contributed by atoms with Gasteiger partial charge >= 0.3 is 0 Å². The Morgan fingerprint density at radius 2 is 1.94 bits per heavy atom. The first-order chi connectivity index (χ1) is 15.0. The monoisotopic (exact) mass is 473 g/mol. The lowest BCUT2D eigenvalue weighted by Crippen LogP contribution is -2.16. The summed E-state index contributed by atoms with van der Waals surface area (Å²) in [4.78, 5) is 16.5. The van der Waals surface area contributed by atoms with Crippen LogP contribution in [0.1, 0.15) is 30.8 Å². The number of sulfone groups is 1. The minimum atomic E-state index is -3.67. The summed E-state index contributed by atoms with van der Waals surface area (Å²) in [6, 6.07) is 9.65. The van der Waals surface area contributed by atoms with Gasteiger partial charge in [0.25, 0.3) is 11.1 Å². The van der Waals surface area contributed by atoms with Crippen LogP contribution in [-0.2, 0) is 14.6 Å². The SMILES string of the molecule is Cc1cc(C=C(C#N)C(=O)Nc2nc(S(=O)(=O)C(C)C)ns2)c(C)n1-c1ccc(F)cc1. The number of hydrogen-bond donors (Lipinski definition) is 1. The third-order valence-corrected chi connectivity index (χ3v) is 7.40. The fourth-order valence-corrected chi connectivity index (χ4v) is 4.67. The summed E-state index contributed by atoms with van der Waals surface area (Å²) < 4.78 is 43.2. The van der Waals surface area contributed by atoms with Gasteiger partial charge in [-0.25, -0.2) is 12.8 Å². The Morgan fingerprint density at radius 1 is 1.28 bits per heavy atom. The maximum atomic E-state index is 13.3. The van der Waals surface area contributed by atoms with Crippen LogP contribution in [0.5, 0.6) is 0 Å². The lowest BCUT2D eigenvalue weighted by Gasteiger charge is -2.09. The maximum Gasteiger partial charge on any atom is 0.268 e. The summed E-state index contributed by atoms with van der Waals surface area (Å²) >= 11 is 0.721. The zero-order valence-electron chi connectivity index (χ0n) is 17.7. The smallest absolute Gasteiger partial charge is 0.268 e. The number of rotatable bonds is 6. The highest BCUT2D eigenvalue weighted by Gasteiger charge is 2.25. The molecule has 0 aliphatic rings. The van der Waals surface area contributed by atoms with Crippen LogP contribution in [0.25, 0.3) is 11.8 Å². The molecule has 0 saturated heterocycles. The van der Waals surface area contributed by atoms with E-state index in [1.54, 1.807) is 12.1 Å². The number of benzene rings is 1. The number of carbonyl (C=O) groups is 1. The molecule has 0 aliphatic carbocycles. The molecule has 0 radical (unpaired) electrons. The van der Waals surface area contributed by atoms with Crippen molar-refractivity contribution in [2.24, 2.45) is 0 Å². The van der Waals surface area contributed by atoms with Crippen molar-refractivity contribution >= 4 is 38.5 Å². The van der Waals surface area contributed by atoms with E-state index in [0.29, 0.717) is 5.56 Å². The average molecular weight is 474 g/mol. The van der Waals surface area contributed by atoms with E-state index in [1.807, 2.05) is 30.6 Å². The quantitative estimate of drug-likeness (QED) is 0.430. The molecule has 3 rings (SSSR count). The highest BCUT2D eigenvalue weighted by Crippen LogP contribution is 2.24. The second kappa shape index (κ2) is 9.02. The Morgan fingerprint density at radius 3 is 2.53 bits per heavy atom. The molecule has 2 aromatic heterocycles. The van der Waals surface area contributed by atoms with Crippen LogP contribution >= 0.6 is 11.5 Å². The first-order valence-corrected chi connectivity index (χ1v) is 11.8. The lowest BCUT2D eigenvalue weighted by atomic mass is 10.1. The predicted molar refractivity (Wildman–Crippen MR) is 120 cm³/mol. The molecule has 1 aromatic carbocycles. The molecule has 1 amide bonds. The van der Waals surface area contributed by atoms with Crippen molar-refractivity contribution in [3.63, 3.8) is 0 Å². The molecule has 0 saturated carbocycles. The van der Waals surface area contributed by atoms with Crippen LogP contribution in [0.2, 0.25) is 0 Å². The maximum absolute atomic E-state index is 13.3. The van der Waals surface area contributed by atoms with Crippen molar-refractivity contribution in [3.05, 3.63) is 58.7 Å². The molecule has 2 heterocycles. The van der Waals surface area contributed by atoms with Crippen molar-refractivity contribution in [2.45, 2.75) is 38.1 Å². The molecule has 32 heavy (non-hydrogen) atoms. The summed E-state index contributed by atoms with van der Waals surface area (Å²) in [7, 11) is -3.67. The van der Waals surface area contributed by atoms with E-state index in [9.17, 15) is 22.9 Å². The molecule has 11 heteroatoms. The van der Waals surface area contributed by atoms with Crippen LogP contribution in [0.3, 0.4) is 0 Å². The molecule has 166 valence electrons. The molecule has 0 fully saturated rings. The summed E-state index contributed by atoms with van der Waals surface area (Å²) in [6.07, 6.45) is 1.44. The van der Waals surface area contributed by atoms with Gasteiger partial charge in [-0.15, -0.1) is 0 Å². The standard InChI is InChI=1S/C21H20FN5O3S2/c1-12(2)32(29,30)21-25-20(31-26-21)24-19(28)16(11-23)10-15-9-13(3)27(14(15)4)18-7-5-17(22)6-8-18/h5-10,12H,1-4H3,(H,24,25,26,28). The molecule has 0 unspecified atom stereocenters. The molecule has 0 spiro atoms. The van der Waals surface area contributed by atoms with Gasteiger partial charge in [-0.1, -0.05) is 0 Å². The molecule has 3 aromatic rings. The molecule has 0 atom stereocenters. The second-order valence-electron chi connectivity index (χ2n) is 7.24. The number of nitrogens with zero attached hydrogens (tertiary/aromatic N) is 4. The molecule has 8 nitrogen and oxygen atoms in total. The number of nitrogens with one attached hydrogen (secondary N) is 1. The van der Waals surface area contributed by atoms with Crippen LogP contribution in [0.4, 0.5) is 9.52 Å². The fourth-order valence-electron chi connectivity index (χ4n) is 2.98. The third-order valence-electron chi connectivity index (χ3n) is 4.72. The van der Waals surface area contributed by atoms with Gasteiger partial charge in [-0.2, -0.15) is 14.6 Å². The highest BCUT2D eigenvalue weighted by molar-refractivity contribution is 7.91. The Balaban J connectivity index is 1.88. The van der Waals surface area contributed by atoms with Crippen LogP contribution in [0.15, 0.2) is 41.1 Å². The molecule has 0 bridgehead atoms. The Kier molecular flexibility index (Phi) is 6.57. The van der Waals surface area contributed by atoms with E-state index in [-0.39, 0.29) is 21.7 Å². The first-order valence-electron chi connectivity index (χ1n) is 9.50. The van der Waals surface area contributed by atoms with E-state index >= 15 is 0 Å². The summed E-state index contributed by atoms with van der Waals surface area (Å²) in [5, 5.41) is 10.8. The number of carbonyl (C=O) groups excluding carboxylic acids is 1. The number of anilines is 1. The number of aromatic nitrogens is 3. The van der Waals surface area contributed by atoms with Crippen molar-refractivity contribution in [3.8, 4) is 11.8 Å². The molecule has 1 N–H and O–H groups in total. The molecular formula is C21H20FN5O3S2. The minimum Gasteiger partial charge on any atom is -0.318 e. The van der Waals surface area contributed by atoms with E-state index in [1.165, 1.54) is 32.1 Å². The minimum absolute atomic E-state index is 0.0211. The number of amides is 1. The van der Waals surface area contributed by atoms with E-state index in [2.05, 4.69) is 14.7 Å². The van der Waals surface area contributed by atoms with Crippen LogP contribution in [0, 0.1) is 31.0 Å². The van der Waals surface area contributed by atoms with E-state index in [4.69, 9.17) is 0 Å². The van der Waals surface area contributed by atoms with Crippen LogP contribution in [-0.4, -0.2) is 33.5 Å². The summed E-state index contributed by atoms with van der Waals surface area (Å²) in [5.74, 6) is -1.08. The zero-order chi connectivity index (χ0) is 23.6. The first kappa shape index (κ1) is 23.3. The van der Waals surface area contributed by atoms with Crippen molar-refractivity contribution in [1.82, 2.24) is 13.9 Å². The summed E-state index contributed by atoms with van der Waals surface area (Å²) in [6.45, 7) is 6.70. The van der Waals surface area contributed by atoms with E-state index < -0.39 is 21.0 Å². The number of nitriles is 1. The number of aryl methyl sites for hydroxylation is 1. The van der Waals surface area contributed by atoms with Crippen molar-refractivity contribution in [1.29, 1.82) is 5.26 Å². The highest BCUT2D eigenvalue weighted by atomic mass is 32.2. The summed E-state index contributed by atoms with van der Waals surface area (Å²) in [5.41, 5.74) is 2.80. The largest absolute Gasteiger partial charge is 0.318 e. The van der Waals surface area contributed by atoms with Gasteiger partial charge in [0, 0.05) is 28.6 Å². The van der Waals surface area contributed by atoms with Crippen LogP contribution < -0.4 is 5.32 Å². The number of hydrogen-bond acceptors (Lipinski definition) is 7. The Hall–Kier alpha value is -3.36. The van der Waals surface area contributed by atoms with E-state index in [0.717, 1.165) is 28.6 Å². The van der Waals surface area contributed by atoms with Gasteiger partial charge in [0.1, 0.15) is 17.5 Å². The van der Waals surface area contributed by atoms with Gasteiger partial charge in [0.2, 0.25) is 15.0 Å². The third kappa shape index (κ3) is 4.61. The predicted octanol–water partition coefficient (Wildman–Crippen LogP) is 3.81. The fraction of sp³-hybridized carbons (Fsp3) is 0.238.